The second-order valence-corrected chi connectivity index (χ2v) is 9.36. The molecule has 0 aliphatic carbocycles. The third-order valence-corrected chi connectivity index (χ3v) is 7.38. The summed E-state index contributed by atoms with van der Waals surface area (Å²) in [6.07, 6.45) is 2.77. The summed E-state index contributed by atoms with van der Waals surface area (Å²) in [6, 6.07) is 8.37. The van der Waals surface area contributed by atoms with E-state index in [2.05, 4.69) is 21.9 Å². The van der Waals surface area contributed by atoms with E-state index in [0.717, 1.165) is 44.0 Å². The fourth-order valence-corrected chi connectivity index (χ4v) is 5.50. The molecule has 0 spiro atoms. The van der Waals surface area contributed by atoms with Crippen LogP contribution in [-0.4, -0.2) is 62.8 Å². The van der Waals surface area contributed by atoms with Gasteiger partial charge < -0.3 is 14.2 Å². The Labute approximate surface area is 205 Å². The molecule has 0 N–H and O–H groups in total. The van der Waals surface area contributed by atoms with Crippen molar-refractivity contribution in [3.8, 4) is 11.5 Å². The van der Waals surface area contributed by atoms with Gasteiger partial charge in [-0.1, -0.05) is 6.07 Å². The summed E-state index contributed by atoms with van der Waals surface area (Å²) in [5, 5.41) is 0. The van der Waals surface area contributed by atoms with Crippen LogP contribution in [-0.2, 0) is 29.0 Å². The van der Waals surface area contributed by atoms with Crippen LogP contribution in [0.1, 0.15) is 36.0 Å². The lowest BCUT2D eigenvalue weighted by atomic mass is 9.85. The molecule has 2 aromatic carbocycles. The summed E-state index contributed by atoms with van der Waals surface area (Å²) >= 11 is 0. The maximum absolute atomic E-state index is 14.3. The highest BCUT2D eigenvalue weighted by molar-refractivity contribution is 5.69. The van der Waals surface area contributed by atoms with Gasteiger partial charge >= 0.3 is 5.97 Å². The number of fused-ring (bicyclic) bond motifs is 1. The van der Waals surface area contributed by atoms with E-state index in [4.69, 9.17) is 14.2 Å². The number of nitrogens with zero attached hydrogens (tertiary/aromatic N) is 2. The number of piperidine rings is 1. The molecule has 35 heavy (non-hydrogen) atoms. The number of carbonyl (C=O) groups is 1. The number of ether oxygens (including phenoxy) is 3. The molecule has 2 atom stereocenters. The third kappa shape index (κ3) is 5.76. The van der Waals surface area contributed by atoms with Crippen LogP contribution in [0.2, 0.25) is 0 Å². The summed E-state index contributed by atoms with van der Waals surface area (Å²) in [7, 11) is 4.69. The molecule has 0 amide bonds. The molecule has 4 rings (SSSR count). The Kier molecular flexibility index (Phi) is 8.23. The zero-order chi connectivity index (χ0) is 24.9. The van der Waals surface area contributed by atoms with E-state index in [1.807, 2.05) is 0 Å². The van der Waals surface area contributed by atoms with E-state index in [-0.39, 0.29) is 30.0 Å². The molecule has 2 aromatic rings. The highest BCUT2D eigenvalue weighted by atomic mass is 19.1. The quantitative estimate of drug-likeness (QED) is 0.520. The largest absolute Gasteiger partial charge is 0.493 e. The molecule has 0 unspecified atom stereocenters. The third-order valence-electron chi connectivity index (χ3n) is 7.38. The SMILES string of the molecule is COC(=O)CC[C@@H]1CN(Cc2c(F)cccc2F)CC[C@@H]1N1CCc2cc(OC)c(OC)cc2C1. The first-order chi connectivity index (χ1) is 16.9. The van der Waals surface area contributed by atoms with Crippen molar-refractivity contribution in [1.82, 2.24) is 9.80 Å². The number of halogens is 2. The van der Waals surface area contributed by atoms with Gasteiger partial charge in [-0.25, -0.2) is 8.78 Å². The van der Waals surface area contributed by atoms with Crippen LogP contribution >= 0.6 is 0 Å². The van der Waals surface area contributed by atoms with Crippen molar-refractivity contribution in [1.29, 1.82) is 0 Å². The van der Waals surface area contributed by atoms with Gasteiger partial charge in [-0.05, 0) is 60.6 Å². The minimum atomic E-state index is -0.518. The second-order valence-electron chi connectivity index (χ2n) is 9.36. The number of likely N-dealkylation sites (tertiary alicyclic amines) is 1. The van der Waals surface area contributed by atoms with Gasteiger partial charge in [0.2, 0.25) is 0 Å². The Hall–Kier alpha value is -2.71. The van der Waals surface area contributed by atoms with E-state index in [9.17, 15) is 13.6 Å². The number of benzene rings is 2. The van der Waals surface area contributed by atoms with Crippen molar-refractivity contribution in [3.05, 3.63) is 58.7 Å². The van der Waals surface area contributed by atoms with Gasteiger partial charge in [-0.3, -0.25) is 14.6 Å². The molecule has 2 heterocycles. The first kappa shape index (κ1) is 25.4. The van der Waals surface area contributed by atoms with Crippen LogP contribution in [0.5, 0.6) is 11.5 Å². The Balaban J connectivity index is 1.51. The van der Waals surface area contributed by atoms with Gasteiger partial charge in [0.15, 0.2) is 11.5 Å². The van der Waals surface area contributed by atoms with Crippen molar-refractivity contribution < 1.29 is 27.8 Å². The molecule has 1 saturated heterocycles. The van der Waals surface area contributed by atoms with Crippen LogP contribution in [0, 0.1) is 17.6 Å². The van der Waals surface area contributed by atoms with Crippen molar-refractivity contribution in [2.75, 3.05) is 41.0 Å². The topological polar surface area (TPSA) is 51.2 Å². The van der Waals surface area contributed by atoms with Gasteiger partial charge in [-0.15, -0.1) is 0 Å². The van der Waals surface area contributed by atoms with E-state index >= 15 is 0 Å². The highest BCUT2D eigenvalue weighted by Gasteiger charge is 2.35. The lowest BCUT2D eigenvalue weighted by molar-refractivity contribution is -0.141. The molecule has 8 heteroatoms. The van der Waals surface area contributed by atoms with Gasteiger partial charge in [-0.2, -0.15) is 0 Å². The van der Waals surface area contributed by atoms with E-state index in [1.54, 1.807) is 14.2 Å². The number of rotatable bonds is 8. The number of esters is 1. The summed E-state index contributed by atoms with van der Waals surface area (Å²) in [4.78, 5) is 16.5. The summed E-state index contributed by atoms with van der Waals surface area (Å²) < 4.78 is 44.4. The molecule has 0 aromatic heterocycles. The number of carbonyl (C=O) groups excluding carboxylic acids is 1. The van der Waals surface area contributed by atoms with Gasteiger partial charge in [0.25, 0.3) is 0 Å². The molecule has 2 aliphatic rings. The van der Waals surface area contributed by atoms with Gasteiger partial charge in [0.05, 0.1) is 21.3 Å². The van der Waals surface area contributed by atoms with Gasteiger partial charge in [0.1, 0.15) is 11.6 Å². The maximum atomic E-state index is 14.3. The predicted octanol–water partition coefficient (Wildman–Crippen LogP) is 4.18. The lowest BCUT2D eigenvalue weighted by Gasteiger charge is -2.45. The summed E-state index contributed by atoms with van der Waals surface area (Å²) in [5.74, 6) is 0.369. The first-order valence-corrected chi connectivity index (χ1v) is 12.1. The highest BCUT2D eigenvalue weighted by Crippen LogP contribution is 2.36. The Morgan fingerprint density at radius 3 is 2.37 bits per heavy atom. The zero-order valence-corrected chi connectivity index (χ0v) is 20.7. The maximum Gasteiger partial charge on any atom is 0.305 e. The number of hydrogen-bond donors (Lipinski definition) is 0. The second kappa shape index (κ2) is 11.4. The standard InChI is InChI=1S/C27H34F2N2O4/c1-33-25-13-18-9-12-31(16-20(18)14-26(25)34-2)24-10-11-30(15-19(24)7-8-27(32)35-3)17-21-22(28)5-4-6-23(21)29/h4-6,13-14,19,24H,7-12,15-17H2,1-3H3/t19-,24+/m1/s1. The molecule has 190 valence electrons. The smallest absolute Gasteiger partial charge is 0.305 e. The van der Waals surface area contributed by atoms with Gasteiger partial charge in [0, 0.05) is 50.7 Å². The number of methoxy groups -OCH3 is 3. The summed E-state index contributed by atoms with van der Waals surface area (Å²) in [6.45, 7) is 3.33. The molecule has 0 bridgehead atoms. The lowest BCUT2D eigenvalue weighted by Crippen LogP contribution is -2.52. The van der Waals surface area contributed by atoms with Crippen LogP contribution in [0.25, 0.3) is 0 Å². The van der Waals surface area contributed by atoms with Crippen molar-refractivity contribution in [2.24, 2.45) is 5.92 Å². The average molecular weight is 489 g/mol. The average Bonchev–Trinajstić information content (AvgIpc) is 2.88. The normalized spacial score (nSPS) is 20.8. The van der Waals surface area contributed by atoms with E-state index < -0.39 is 11.6 Å². The van der Waals surface area contributed by atoms with E-state index in [1.165, 1.54) is 36.4 Å². The Morgan fingerprint density at radius 1 is 1.03 bits per heavy atom. The minimum absolute atomic E-state index is 0.102. The van der Waals surface area contributed by atoms with Crippen LogP contribution in [0.3, 0.4) is 0 Å². The number of hydrogen-bond acceptors (Lipinski definition) is 6. The zero-order valence-electron chi connectivity index (χ0n) is 20.7. The van der Waals surface area contributed by atoms with Crippen molar-refractivity contribution in [2.45, 2.75) is 44.8 Å². The fourth-order valence-electron chi connectivity index (χ4n) is 5.50. The molecule has 1 fully saturated rings. The molecular formula is C27H34F2N2O4. The summed E-state index contributed by atoms with van der Waals surface area (Å²) in [5.41, 5.74) is 2.58. The van der Waals surface area contributed by atoms with Crippen LogP contribution in [0.4, 0.5) is 8.78 Å². The van der Waals surface area contributed by atoms with E-state index in [0.29, 0.717) is 19.4 Å². The Morgan fingerprint density at radius 2 is 1.71 bits per heavy atom. The van der Waals surface area contributed by atoms with Crippen molar-refractivity contribution >= 4 is 5.97 Å². The van der Waals surface area contributed by atoms with Crippen molar-refractivity contribution in [3.63, 3.8) is 0 Å². The molecule has 2 aliphatic heterocycles. The monoisotopic (exact) mass is 488 g/mol. The molecular weight excluding hydrogens is 454 g/mol. The minimum Gasteiger partial charge on any atom is -0.493 e. The molecule has 0 radical (unpaired) electrons. The Bertz CT molecular complexity index is 1030. The first-order valence-electron chi connectivity index (χ1n) is 12.1. The van der Waals surface area contributed by atoms with Crippen LogP contribution < -0.4 is 9.47 Å². The van der Waals surface area contributed by atoms with Crippen LogP contribution in [0.15, 0.2) is 30.3 Å². The molecule has 0 saturated carbocycles. The molecule has 6 nitrogen and oxygen atoms in total. The predicted molar refractivity (Wildman–Crippen MR) is 128 cm³/mol. The fraction of sp³-hybridized carbons (Fsp3) is 0.519.